The van der Waals surface area contributed by atoms with Crippen molar-refractivity contribution >= 4 is 5.91 Å². The van der Waals surface area contributed by atoms with Crippen LogP contribution in [-0.2, 0) is 0 Å². The predicted molar refractivity (Wildman–Crippen MR) is 61.2 cm³/mol. The molecular weight excluding hydrogens is 222 g/mol. The lowest BCUT2D eigenvalue weighted by Crippen LogP contribution is -2.29. The van der Waals surface area contributed by atoms with Crippen LogP contribution in [0.2, 0.25) is 0 Å². The number of rotatable bonds is 2. The van der Waals surface area contributed by atoms with Crippen LogP contribution in [0.4, 0.5) is 0 Å². The van der Waals surface area contributed by atoms with E-state index >= 15 is 0 Å². The van der Waals surface area contributed by atoms with Crippen LogP contribution < -0.4 is 4.74 Å². The third-order valence-corrected chi connectivity index (χ3v) is 2.89. The molecule has 0 radical (unpaired) electrons. The van der Waals surface area contributed by atoms with E-state index in [0.29, 0.717) is 25.3 Å². The summed E-state index contributed by atoms with van der Waals surface area (Å²) in [6.45, 7) is 0.843. The number of carbonyl (C=O) groups excluding carboxylic acids is 1. The van der Waals surface area contributed by atoms with E-state index in [1.165, 1.54) is 24.1 Å². The number of carbonyl (C=O) groups is 1. The summed E-state index contributed by atoms with van der Waals surface area (Å²) in [5, 5.41) is 19.1. The van der Waals surface area contributed by atoms with Crippen molar-refractivity contribution in [3.8, 4) is 11.5 Å². The Bertz CT molecular complexity index is 433. The average molecular weight is 237 g/mol. The predicted octanol–water partition coefficient (Wildman–Crippen LogP) is 0.608. The van der Waals surface area contributed by atoms with Crippen molar-refractivity contribution in [3.05, 3.63) is 23.8 Å². The zero-order valence-electron chi connectivity index (χ0n) is 9.59. The quantitative estimate of drug-likeness (QED) is 0.790. The number of benzene rings is 1. The number of methoxy groups -OCH3 is 1. The van der Waals surface area contributed by atoms with Crippen LogP contribution in [0.5, 0.6) is 11.5 Å². The molecule has 92 valence electrons. The van der Waals surface area contributed by atoms with E-state index in [2.05, 4.69) is 0 Å². The summed E-state index contributed by atoms with van der Waals surface area (Å²) in [5.74, 6) is 0.137. The SMILES string of the molecule is COc1ccc(C(=O)N2CC[C@H](O)C2)c(O)c1. The van der Waals surface area contributed by atoms with Crippen LogP contribution in [-0.4, -0.2) is 47.3 Å². The molecule has 0 unspecified atom stereocenters. The van der Waals surface area contributed by atoms with Crippen molar-refractivity contribution in [1.82, 2.24) is 4.90 Å². The third-order valence-electron chi connectivity index (χ3n) is 2.89. The zero-order chi connectivity index (χ0) is 12.4. The number of ether oxygens (including phenoxy) is 1. The van der Waals surface area contributed by atoms with Crippen molar-refractivity contribution in [2.24, 2.45) is 0 Å². The van der Waals surface area contributed by atoms with Crippen molar-refractivity contribution in [2.45, 2.75) is 12.5 Å². The van der Waals surface area contributed by atoms with Crippen LogP contribution in [0.25, 0.3) is 0 Å². The highest BCUT2D eigenvalue weighted by Gasteiger charge is 2.26. The highest BCUT2D eigenvalue weighted by atomic mass is 16.5. The smallest absolute Gasteiger partial charge is 0.257 e. The normalized spacial score (nSPS) is 19.4. The average Bonchev–Trinajstić information content (AvgIpc) is 2.75. The number of amides is 1. The number of phenolic OH excluding ortho intramolecular Hbond substituents is 1. The molecule has 1 aliphatic rings. The molecule has 0 bridgehead atoms. The van der Waals surface area contributed by atoms with Gasteiger partial charge in [-0.3, -0.25) is 4.79 Å². The number of nitrogens with zero attached hydrogens (tertiary/aromatic N) is 1. The minimum absolute atomic E-state index is 0.101. The van der Waals surface area contributed by atoms with E-state index in [1.807, 2.05) is 0 Å². The summed E-state index contributed by atoms with van der Waals surface area (Å²) >= 11 is 0. The Kier molecular flexibility index (Phi) is 3.19. The fourth-order valence-corrected chi connectivity index (χ4v) is 1.92. The molecule has 0 aromatic heterocycles. The van der Waals surface area contributed by atoms with Gasteiger partial charge >= 0.3 is 0 Å². The number of aliphatic hydroxyl groups excluding tert-OH is 1. The van der Waals surface area contributed by atoms with Gasteiger partial charge in [-0.15, -0.1) is 0 Å². The van der Waals surface area contributed by atoms with Crippen molar-refractivity contribution < 1.29 is 19.7 Å². The lowest BCUT2D eigenvalue weighted by molar-refractivity contribution is 0.0762. The highest BCUT2D eigenvalue weighted by Crippen LogP contribution is 2.25. The Balaban J connectivity index is 2.19. The van der Waals surface area contributed by atoms with Gasteiger partial charge in [0, 0.05) is 19.2 Å². The first kappa shape index (κ1) is 11.7. The number of hydrogen-bond acceptors (Lipinski definition) is 4. The van der Waals surface area contributed by atoms with Gasteiger partial charge in [-0.25, -0.2) is 0 Å². The minimum atomic E-state index is -0.459. The third kappa shape index (κ3) is 2.34. The van der Waals surface area contributed by atoms with Crippen LogP contribution in [0, 0.1) is 0 Å². The molecule has 1 atom stereocenters. The van der Waals surface area contributed by atoms with E-state index < -0.39 is 6.10 Å². The molecule has 2 rings (SSSR count). The first-order valence-corrected chi connectivity index (χ1v) is 5.46. The number of aliphatic hydroxyl groups is 1. The number of β-amino-alcohol motifs (C(OH)–C–C–N with tert-alkyl or cyclic N) is 1. The maximum absolute atomic E-state index is 12.0. The minimum Gasteiger partial charge on any atom is -0.507 e. The monoisotopic (exact) mass is 237 g/mol. The Morgan fingerprint density at radius 1 is 1.53 bits per heavy atom. The molecule has 2 N–H and O–H groups in total. The molecule has 0 aliphatic carbocycles. The van der Waals surface area contributed by atoms with Gasteiger partial charge in [0.1, 0.15) is 11.5 Å². The van der Waals surface area contributed by atoms with E-state index in [9.17, 15) is 15.0 Å². The molecule has 1 aliphatic heterocycles. The Labute approximate surface area is 99.2 Å². The van der Waals surface area contributed by atoms with Crippen LogP contribution in [0.3, 0.4) is 0 Å². The zero-order valence-corrected chi connectivity index (χ0v) is 9.59. The number of hydrogen-bond donors (Lipinski definition) is 2. The van der Waals surface area contributed by atoms with E-state index in [1.54, 1.807) is 6.07 Å². The maximum Gasteiger partial charge on any atom is 0.257 e. The van der Waals surface area contributed by atoms with Gasteiger partial charge in [-0.05, 0) is 18.6 Å². The summed E-state index contributed by atoms with van der Waals surface area (Å²) < 4.78 is 4.95. The van der Waals surface area contributed by atoms with Gasteiger partial charge in [-0.1, -0.05) is 0 Å². The van der Waals surface area contributed by atoms with Crippen molar-refractivity contribution in [1.29, 1.82) is 0 Å². The second kappa shape index (κ2) is 4.63. The summed E-state index contributed by atoms with van der Waals surface area (Å²) in [4.78, 5) is 13.6. The highest BCUT2D eigenvalue weighted by molar-refractivity contribution is 5.97. The first-order chi connectivity index (χ1) is 8.11. The van der Waals surface area contributed by atoms with Crippen LogP contribution >= 0.6 is 0 Å². The Hall–Kier alpha value is -1.75. The van der Waals surface area contributed by atoms with E-state index in [-0.39, 0.29) is 17.2 Å². The molecule has 0 saturated carbocycles. The number of likely N-dealkylation sites (tertiary alicyclic amines) is 1. The molecule has 1 amide bonds. The molecule has 0 spiro atoms. The second-order valence-electron chi connectivity index (χ2n) is 4.08. The lowest BCUT2D eigenvalue weighted by Gasteiger charge is -2.16. The fraction of sp³-hybridized carbons (Fsp3) is 0.417. The first-order valence-electron chi connectivity index (χ1n) is 5.46. The molecular formula is C12H15NO4. The topological polar surface area (TPSA) is 70.0 Å². The molecule has 1 aromatic carbocycles. The van der Waals surface area contributed by atoms with Crippen molar-refractivity contribution in [3.63, 3.8) is 0 Å². The molecule has 1 saturated heterocycles. The second-order valence-corrected chi connectivity index (χ2v) is 4.08. The Morgan fingerprint density at radius 3 is 2.82 bits per heavy atom. The molecule has 1 heterocycles. The summed E-state index contributed by atoms with van der Waals surface area (Å²) in [6, 6.07) is 4.56. The number of aromatic hydroxyl groups is 1. The summed E-state index contributed by atoms with van der Waals surface area (Å²) in [5.41, 5.74) is 0.236. The van der Waals surface area contributed by atoms with Crippen LogP contribution in [0.1, 0.15) is 16.8 Å². The van der Waals surface area contributed by atoms with Gasteiger partial charge < -0.3 is 19.8 Å². The lowest BCUT2D eigenvalue weighted by atomic mass is 10.1. The largest absolute Gasteiger partial charge is 0.507 e. The van der Waals surface area contributed by atoms with E-state index in [4.69, 9.17) is 4.74 Å². The number of phenols is 1. The van der Waals surface area contributed by atoms with Gasteiger partial charge in [0.15, 0.2) is 0 Å². The van der Waals surface area contributed by atoms with Crippen LogP contribution in [0.15, 0.2) is 18.2 Å². The van der Waals surface area contributed by atoms with Crippen molar-refractivity contribution in [2.75, 3.05) is 20.2 Å². The van der Waals surface area contributed by atoms with Gasteiger partial charge in [0.05, 0.1) is 18.8 Å². The van der Waals surface area contributed by atoms with E-state index in [0.717, 1.165) is 0 Å². The standard InChI is InChI=1S/C12H15NO4/c1-17-9-2-3-10(11(15)6-9)12(16)13-5-4-8(14)7-13/h2-3,6,8,14-15H,4-5,7H2,1H3/t8-/m0/s1. The molecule has 1 aromatic rings. The maximum atomic E-state index is 12.0. The fourth-order valence-electron chi connectivity index (χ4n) is 1.92. The molecule has 1 fully saturated rings. The van der Waals surface area contributed by atoms with Gasteiger partial charge in [0.25, 0.3) is 5.91 Å². The molecule has 5 heteroatoms. The van der Waals surface area contributed by atoms with Gasteiger partial charge in [0.2, 0.25) is 0 Å². The molecule has 17 heavy (non-hydrogen) atoms. The summed E-state index contributed by atoms with van der Waals surface area (Å²) in [6.07, 6.45) is 0.127. The summed E-state index contributed by atoms with van der Waals surface area (Å²) in [7, 11) is 1.49. The van der Waals surface area contributed by atoms with Gasteiger partial charge in [-0.2, -0.15) is 0 Å². The molecule has 5 nitrogen and oxygen atoms in total. The Morgan fingerprint density at radius 2 is 2.29 bits per heavy atom.